The van der Waals surface area contributed by atoms with E-state index in [-0.39, 0.29) is 42.1 Å². The third kappa shape index (κ3) is 2.96. The molecular formula is C22H22N2O5. The SMILES string of the molecule is CCOC(=O)COc1ccc(/C=N\N2C(=O)[C@@H]3[C@H]4C=C[C@@H]([C@@H]5C[C@H]45)[C@H]3C2=O)cc1. The van der Waals surface area contributed by atoms with Crippen LogP contribution in [-0.4, -0.2) is 42.2 Å². The van der Waals surface area contributed by atoms with E-state index in [9.17, 15) is 14.4 Å². The summed E-state index contributed by atoms with van der Waals surface area (Å²) >= 11 is 0. The fourth-order valence-corrected chi connectivity index (χ4v) is 5.17. The predicted molar refractivity (Wildman–Crippen MR) is 103 cm³/mol. The molecule has 0 radical (unpaired) electrons. The van der Waals surface area contributed by atoms with Gasteiger partial charge in [-0.05, 0) is 66.8 Å². The van der Waals surface area contributed by atoms with Gasteiger partial charge >= 0.3 is 5.97 Å². The van der Waals surface area contributed by atoms with E-state index in [0.717, 1.165) is 17.0 Å². The summed E-state index contributed by atoms with van der Waals surface area (Å²) in [6, 6.07) is 6.91. The van der Waals surface area contributed by atoms with Crippen molar-refractivity contribution in [2.24, 2.45) is 40.6 Å². The van der Waals surface area contributed by atoms with Crippen LogP contribution in [0.3, 0.4) is 0 Å². The number of benzene rings is 1. The molecule has 2 bridgehead atoms. The maximum Gasteiger partial charge on any atom is 0.344 e. The van der Waals surface area contributed by atoms with Gasteiger partial charge in [0.1, 0.15) is 5.75 Å². The largest absolute Gasteiger partial charge is 0.482 e. The first kappa shape index (κ1) is 18.1. The minimum Gasteiger partial charge on any atom is -0.482 e. The Morgan fingerprint density at radius 1 is 1.10 bits per heavy atom. The number of hydrogen-bond acceptors (Lipinski definition) is 6. The lowest BCUT2D eigenvalue weighted by molar-refractivity contribution is -0.145. The molecule has 6 rings (SSSR count). The Labute approximate surface area is 168 Å². The highest BCUT2D eigenvalue weighted by Crippen LogP contribution is 2.65. The molecule has 2 saturated carbocycles. The van der Waals surface area contributed by atoms with Gasteiger partial charge in [0.2, 0.25) is 0 Å². The second-order valence-corrected chi connectivity index (χ2v) is 8.05. The molecule has 0 spiro atoms. The van der Waals surface area contributed by atoms with Crippen molar-refractivity contribution in [3.05, 3.63) is 42.0 Å². The number of ether oxygens (including phenoxy) is 2. The summed E-state index contributed by atoms with van der Waals surface area (Å²) in [6.07, 6.45) is 6.95. The summed E-state index contributed by atoms with van der Waals surface area (Å²) < 4.78 is 10.2. The summed E-state index contributed by atoms with van der Waals surface area (Å²) in [7, 11) is 0. The molecule has 4 aliphatic carbocycles. The summed E-state index contributed by atoms with van der Waals surface area (Å²) in [5, 5.41) is 5.28. The fourth-order valence-electron chi connectivity index (χ4n) is 5.17. The second kappa shape index (κ2) is 6.83. The fraction of sp³-hybridized carbons (Fsp3) is 0.455. The lowest BCUT2D eigenvalue weighted by atomic mass is 9.63. The van der Waals surface area contributed by atoms with Crippen LogP contribution in [0.4, 0.5) is 0 Å². The minimum absolute atomic E-state index is 0.154. The van der Waals surface area contributed by atoms with Crippen LogP contribution in [0.15, 0.2) is 41.5 Å². The number of esters is 1. The molecule has 6 atom stereocenters. The molecule has 1 heterocycles. The first-order valence-electron chi connectivity index (χ1n) is 10.1. The average molecular weight is 394 g/mol. The molecule has 0 unspecified atom stereocenters. The third-order valence-electron chi connectivity index (χ3n) is 6.50. The minimum atomic E-state index is -0.424. The van der Waals surface area contributed by atoms with Crippen molar-refractivity contribution in [3.8, 4) is 5.75 Å². The molecule has 1 aliphatic heterocycles. The molecule has 150 valence electrons. The summed E-state index contributed by atoms with van der Waals surface area (Å²) in [4.78, 5) is 37.1. The maximum absolute atomic E-state index is 12.9. The summed E-state index contributed by atoms with van der Waals surface area (Å²) in [6.45, 7) is 1.89. The predicted octanol–water partition coefficient (Wildman–Crippen LogP) is 2.02. The number of rotatable bonds is 6. The molecular weight excluding hydrogens is 372 g/mol. The number of carbonyl (C=O) groups excluding carboxylic acids is 3. The first-order valence-corrected chi connectivity index (χ1v) is 10.1. The van der Waals surface area contributed by atoms with Gasteiger partial charge in [-0.25, -0.2) is 4.79 Å². The molecule has 29 heavy (non-hydrogen) atoms. The lowest BCUT2D eigenvalue weighted by Crippen LogP contribution is -2.40. The lowest BCUT2D eigenvalue weighted by Gasteiger charge is -2.37. The Morgan fingerprint density at radius 3 is 2.31 bits per heavy atom. The van der Waals surface area contributed by atoms with Crippen LogP contribution in [0.25, 0.3) is 0 Å². The van der Waals surface area contributed by atoms with E-state index in [4.69, 9.17) is 9.47 Å². The van der Waals surface area contributed by atoms with Crippen LogP contribution in [0.2, 0.25) is 0 Å². The van der Waals surface area contributed by atoms with Crippen LogP contribution in [0.5, 0.6) is 5.75 Å². The normalized spacial score (nSPS) is 33.8. The quantitative estimate of drug-likeness (QED) is 0.319. The third-order valence-corrected chi connectivity index (χ3v) is 6.50. The van der Waals surface area contributed by atoms with Gasteiger partial charge in [0.15, 0.2) is 6.61 Å². The van der Waals surface area contributed by atoms with Gasteiger partial charge in [-0.3, -0.25) is 9.59 Å². The van der Waals surface area contributed by atoms with E-state index in [0.29, 0.717) is 24.2 Å². The topological polar surface area (TPSA) is 85.3 Å². The van der Waals surface area contributed by atoms with Gasteiger partial charge in [-0.2, -0.15) is 10.1 Å². The van der Waals surface area contributed by atoms with Crippen molar-refractivity contribution in [2.45, 2.75) is 13.3 Å². The standard InChI is InChI=1S/C22H22N2O5/c1-2-28-18(25)11-29-13-5-3-12(4-6-13)10-23-24-21(26)19-14-7-8-15(17-9-16(14)17)20(19)22(24)27/h3-8,10,14-17,19-20H,2,9,11H2,1H3/b23-10-/t14-,15-,16-,17+,19+,20+/m0/s1. The monoisotopic (exact) mass is 394 g/mol. The van der Waals surface area contributed by atoms with Crippen molar-refractivity contribution >= 4 is 24.0 Å². The van der Waals surface area contributed by atoms with Crippen molar-refractivity contribution in [1.82, 2.24) is 5.01 Å². The number of imide groups is 1. The van der Waals surface area contributed by atoms with Crippen LogP contribution in [0, 0.1) is 35.5 Å². The van der Waals surface area contributed by atoms with Crippen LogP contribution < -0.4 is 4.74 Å². The summed E-state index contributed by atoms with van der Waals surface area (Å²) in [5.41, 5.74) is 0.730. The van der Waals surface area contributed by atoms with Crippen molar-refractivity contribution in [2.75, 3.05) is 13.2 Å². The average Bonchev–Trinajstić information content (AvgIpc) is 3.51. The van der Waals surface area contributed by atoms with Crippen LogP contribution in [-0.2, 0) is 19.1 Å². The molecule has 0 N–H and O–H groups in total. The smallest absolute Gasteiger partial charge is 0.344 e. The molecule has 1 aromatic carbocycles. The van der Waals surface area contributed by atoms with Gasteiger partial charge in [-0.15, -0.1) is 0 Å². The van der Waals surface area contributed by atoms with Gasteiger partial charge in [0.05, 0.1) is 24.7 Å². The van der Waals surface area contributed by atoms with Gasteiger partial charge in [0.25, 0.3) is 11.8 Å². The number of hydrogen-bond donors (Lipinski definition) is 0. The highest BCUT2D eigenvalue weighted by atomic mass is 16.6. The molecule has 1 aromatic rings. The van der Waals surface area contributed by atoms with Crippen molar-refractivity contribution in [1.29, 1.82) is 0 Å². The van der Waals surface area contributed by atoms with Crippen molar-refractivity contribution < 1.29 is 23.9 Å². The highest BCUT2D eigenvalue weighted by Gasteiger charge is 2.67. The number of nitrogens with zero attached hydrogens (tertiary/aromatic N) is 2. The van der Waals surface area contributed by atoms with Crippen molar-refractivity contribution in [3.63, 3.8) is 0 Å². The molecule has 7 heteroatoms. The molecule has 2 amide bonds. The Bertz CT molecular complexity index is 886. The zero-order valence-electron chi connectivity index (χ0n) is 16.1. The number of hydrazone groups is 1. The molecule has 1 saturated heterocycles. The van der Waals surface area contributed by atoms with Gasteiger partial charge in [-0.1, -0.05) is 12.2 Å². The molecule has 7 nitrogen and oxygen atoms in total. The van der Waals surface area contributed by atoms with Crippen LogP contribution >= 0.6 is 0 Å². The summed E-state index contributed by atoms with van der Waals surface area (Å²) in [5.74, 6) is 0.830. The Hall–Kier alpha value is -2.96. The Balaban J connectivity index is 1.25. The number of allylic oxidation sites excluding steroid dienone is 2. The van der Waals surface area contributed by atoms with Gasteiger partial charge in [0, 0.05) is 0 Å². The number of carbonyl (C=O) groups is 3. The molecule has 5 aliphatic rings. The maximum atomic E-state index is 12.9. The zero-order chi connectivity index (χ0) is 20.1. The van der Waals surface area contributed by atoms with Gasteiger partial charge < -0.3 is 9.47 Å². The number of amides is 2. The van der Waals surface area contributed by atoms with E-state index < -0.39 is 5.97 Å². The van der Waals surface area contributed by atoms with E-state index in [1.54, 1.807) is 31.2 Å². The van der Waals surface area contributed by atoms with E-state index in [2.05, 4.69) is 17.3 Å². The van der Waals surface area contributed by atoms with E-state index in [1.165, 1.54) is 6.21 Å². The Morgan fingerprint density at radius 2 is 1.72 bits per heavy atom. The highest BCUT2D eigenvalue weighted by molar-refractivity contribution is 6.06. The Kier molecular flexibility index (Phi) is 4.26. The molecule has 0 aromatic heterocycles. The second-order valence-electron chi connectivity index (χ2n) is 8.05. The van der Waals surface area contributed by atoms with Crippen LogP contribution in [0.1, 0.15) is 18.9 Å². The van der Waals surface area contributed by atoms with E-state index >= 15 is 0 Å². The first-order chi connectivity index (χ1) is 14.1. The van der Waals surface area contributed by atoms with E-state index in [1.807, 2.05) is 0 Å². The molecule has 3 fully saturated rings. The zero-order valence-corrected chi connectivity index (χ0v) is 16.1.